The van der Waals surface area contributed by atoms with E-state index in [4.69, 9.17) is 4.74 Å². The number of rotatable bonds is 4. The molecule has 1 aliphatic rings. The molecule has 1 unspecified atom stereocenters. The molecule has 4 nitrogen and oxygen atoms in total. The maximum absolute atomic E-state index is 13.9. The van der Waals surface area contributed by atoms with Gasteiger partial charge in [-0.2, -0.15) is 0 Å². The van der Waals surface area contributed by atoms with Gasteiger partial charge < -0.3 is 10.1 Å². The highest BCUT2D eigenvalue weighted by Crippen LogP contribution is 2.40. The van der Waals surface area contributed by atoms with E-state index in [0.717, 1.165) is 38.1 Å². The fourth-order valence-corrected chi connectivity index (χ4v) is 4.58. The van der Waals surface area contributed by atoms with Gasteiger partial charge in [0.2, 0.25) is 5.91 Å². The van der Waals surface area contributed by atoms with Gasteiger partial charge in [-0.1, -0.05) is 67.9 Å². The molecule has 0 saturated heterocycles. The Bertz CT molecular complexity index is 1100. The number of amides is 1. The molecule has 31 heavy (non-hydrogen) atoms. The Labute approximate surface area is 192 Å². The number of hydrogen-bond acceptors (Lipinski definition) is 3. The first kappa shape index (κ1) is 21.6. The molecule has 160 valence electrons. The van der Waals surface area contributed by atoms with Crippen LogP contribution in [0.15, 0.2) is 59.2 Å². The molecule has 0 saturated carbocycles. The smallest absolute Gasteiger partial charge is 0.236 e. The van der Waals surface area contributed by atoms with Crippen LogP contribution >= 0.6 is 15.9 Å². The molecule has 3 aromatic rings. The second kappa shape index (κ2) is 8.83. The van der Waals surface area contributed by atoms with Crippen LogP contribution in [-0.2, 0) is 11.4 Å². The SMILES string of the molecule is CC(C)c1cccc(C(C)C)c1NC(=O)C1c2cc(Br)ccc2OCc2ncccc21. The van der Waals surface area contributed by atoms with Gasteiger partial charge in [0.05, 0.1) is 11.6 Å². The Hall–Kier alpha value is -2.66. The molecule has 2 aromatic carbocycles. The maximum atomic E-state index is 13.9. The number of halogens is 1. The first-order valence-electron chi connectivity index (χ1n) is 10.7. The molecule has 0 bridgehead atoms. The van der Waals surface area contributed by atoms with Crippen LogP contribution in [0.4, 0.5) is 5.69 Å². The first-order valence-corrected chi connectivity index (χ1v) is 11.5. The highest BCUT2D eigenvalue weighted by molar-refractivity contribution is 9.10. The lowest BCUT2D eigenvalue weighted by atomic mass is 9.88. The predicted octanol–water partition coefficient (Wildman–Crippen LogP) is 6.75. The van der Waals surface area contributed by atoms with Gasteiger partial charge in [0.1, 0.15) is 12.4 Å². The number of anilines is 1. The second-order valence-corrected chi connectivity index (χ2v) is 9.47. The van der Waals surface area contributed by atoms with Crippen molar-refractivity contribution < 1.29 is 9.53 Å². The summed E-state index contributed by atoms with van der Waals surface area (Å²) in [6.45, 7) is 8.95. The van der Waals surface area contributed by atoms with Crippen LogP contribution < -0.4 is 10.1 Å². The summed E-state index contributed by atoms with van der Waals surface area (Å²) in [5.41, 5.74) is 5.72. The number of fused-ring (bicyclic) bond motifs is 2. The molecule has 4 rings (SSSR count). The number of hydrogen-bond donors (Lipinski definition) is 1. The van der Waals surface area contributed by atoms with Gasteiger partial charge in [-0.15, -0.1) is 0 Å². The lowest BCUT2D eigenvalue weighted by Crippen LogP contribution is -2.24. The van der Waals surface area contributed by atoms with Gasteiger partial charge in [-0.05, 0) is 52.8 Å². The van der Waals surface area contributed by atoms with Crippen molar-refractivity contribution in [2.75, 3.05) is 5.32 Å². The Balaban J connectivity index is 1.84. The zero-order valence-corrected chi connectivity index (χ0v) is 19.9. The molecule has 0 radical (unpaired) electrons. The van der Waals surface area contributed by atoms with Gasteiger partial charge in [0, 0.05) is 21.9 Å². The van der Waals surface area contributed by atoms with Crippen LogP contribution in [0.2, 0.25) is 0 Å². The molecule has 0 fully saturated rings. The molecule has 1 aliphatic heterocycles. The van der Waals surface area contributed by atoms with E-state index in [0.29, 0.717) is 24.2 Å². The lowest BCUT2D eigenvalue weighted by molar-refractivity contribution is -0.116. The van der Waals surface area contributed by atoms with Crippen LogP contribution in [0.25, 0.3) is 0 Å². The number of carbonyl (C=O) groups is 1. The minimum Gasteiger partial charge on any atom is -0.487 e. The monoisotopic (exact) mass is 478 g/mol. The molecule has 2 heterocycles. The minimum atomic E-state index is -0.515. The summed E-state index contributed by atoms with van der Waals surface area (Å²) in [7, 11) is 0. The lowest BCUT2D eigenvalue weighted by Gasteiger charge is -2.23. The molecule has 5 heteroatoms. The number of nitrogens with one attached hydrogen (secondary N) is 1. The molecule has 0 spiro atoms. The second-order valence-electron chi connectivity index (χ2n) is 8.55. The molecule has 1 atom stereocenters. The summed E-state index contributed by atoms with van der Waals surface area (Å²) in [6.07, 6.45) is 1.74. The van der Waals surface area contributed by atoms with Crippen molar-refractivity contribution in [1.29, 1.82) is 0 Å². The first-order chi connectivity index (χ1) is 14.9. The van der Waals surface area contributed by atoms with Crippen molar-refractivity contribution in [3.63, 3.8) is 0 Å². The van der Waals surface area contributed by atoms with Crippen molar-refractivity contribution in [3.8, 4) is 5.75 Å². The van der Waals surface area contributed by atoms with E-state index in [1.54, 1.807) is 6.20 Å². The Morgan fingerprint density at radius 2 is 1.74 bits per heavy atom. The number of aromatic nitrogens is 1. The van der Waals surface area contributed by atoms with Crippen molar-refractivity contribution >= 4 is 27.5 Å². The summed E-state index contributed by atoms with van der Waals surface area (Å²) in [6, 6.07) is 15.9. The third-order valence-corrected chi connectivity index (χ3v) is 6.26. The van der Waals surface area contributed by atoms with E-state index in [1.807, 2.05) is 30.3 Å². The number of benzene rings is 2. The van der Waals surface area contributed by atoms with Crippen LogP contribution in [0, 0.1) is 0 Å². The van der Waals surface area contributed by atoms with Crippen LogP contribution in [0.1, 0.15) is 73.4 Å². The average Bonchev–Trinajstić information content (AvgIpc) is 2.89. The van der Waals surface area contributed by atoms with Gasteiger partial charge in [-0.3, -0.25) is 9.78 Å². The average molecular weight is 479 g/mol. The Morgan fingerprint density at radius 1 is 1.03 bits per heavy atom. The van der Waals surface area contributed by atoms with Gasteiger partial charge in [0.25, 0.3) is 0 Å². The highest BCUT2D eigenvalue weighted by Gasteiger charge is 2.32. The number of nitrogens with zero attached hydrogens (tertiary/aromatic N) is 1. The quantitative estimate of drug-likeness (QED) is 0.450. The maximum Gasteiger partial charge on any atom is 0.236 e. The van der Waals surface area contributed by atoms with E-state index in [1.165, 1.54) is 0 Å². The summed E-state index contributed by atoms with van der Waals surface area (Å²) < 4.78 is 6.93. The summed E-state index contributed by atoms with van der Waals surface area (Å²) in [4.78, 5) is 18.4. The highest BCUT2D eigenvalue weighted by atomic mass is 79.9. The summed E-state index contributed by atoms with van der Waals surface area (Å²) >= 11 is 3.56. The third kappa shape index (κ3) is 4.24. The summed E-state index contributed by atoms with van der Waals surface area (Å²) in [5, 5.41) is 3.30. The topological polar surface area (TPSA) is 51.2 Å². The van der Waals surface area contributed by atoms with Crippen LogP contribution in [0.3, 0.4) is 0 Å². The standard InChI is InChI=1S/C26H27BrN2O2/c1-15(2)18-7-5-8-19(16(3)4)25(18)29-26(30)24-20-9-6-12-28-22(20)14-31-23-11-10-17(27)13-21(23)24/h5-13,15-16,24H,14H2,1-4H3,(H,29,30). The molecule has 1 N–H and O–H groups in total. The largest absolute Gasteiger partial charge is 0.487 e. The normalized spacial score (nSPS) is 15.1. The molecular weight excluding hydrogens is 452 g/mol. The van der Waals surface area contributed by atoms with Gasteiger partial charge >= 0.3 is 0 Å². The van der Waals surface area contributed by atoms with Crippen molar-refractivity contribution in [2.24, 2.45) is 0 Å². The zero-order chi connectivity index (χ0) is 22.1. The van der Waals surface area contributed by atoms with E-state index in [-0.39, 0.29) is 5.91 Å². The number of para-hydroxylation sites is 1. The fourth-order valence-electron chi connectivity index (χ4n) is 4.20. The van der Waals surface area contributed by atoms with Crippen molar-refractivity contribution in [2.45, 2.75) is 52.1 Å². The van der Waals surface area contributed by atoms with E-state index in [9.17, 15) is 4.79 Å². The Kier molecular flexibility index (Phi) is 6.15. The van der Waals surface area contributed by atoms with E-state index >= 15 is 0 Å². The molecule has 1 aromatic heterocycles. The van der Waals surface area contributed by atoms with Crippen molar-refractivity contribution in [3.05, 3.63) is 87.1 Å². The number of carbonyl (C=O) groups excluding carboxylic acids is 1. The minimum absolute atomic E-state index is 0.0749. The van der Waals surface area contributed by atoms with Crippen LogP contribution in [-0.4, -0.2) is 10.9 Å². The molecule has 1 amide bonds. The third-order valence-electron chi connectivity index (χ3n) is 5.77. The van der Waals surface area contributed by atoms with E-state index in [2.05, 4.69) is 72.1 Å². The van der Waals surface area contributed by atoms with Crippen LogP contribution in [0.5, 0.6) is 5.75 Å². The molecular formula is C26H27BrN2O2. The molecule has 0 aliphatic carbocycles. The fraction of sp³-hybridized carbons (Fsp3) is 0.308. The summed E-state index contributed by atoms with van der Waals surface area (Å²) in [5.74, 6) is 0.708. The van der Waals surface area contributed by atoms with Crippen molar-refractivity contribution in [1.82, 2.24) is 4.98 Å². The predicted molar refractivity (Wildman–Crippen MR) is 128 cm³/mol. The zero-order valence-electron chi connectivity index (χ0n) is 18.3. The van der Waals surface area contributed by atoms with Gasteiger partial charge in [0.15, 0.2) is 0 Å². The number of pyridine rings is 1. The Morgan fingerprint density at radius 3 is 2.42 bits per heavy atom. The van der Waals surface area contributed by atoms with E-state index < -0.39 is 5.92 Å². The number of ether oxygens (including phenoxy) is 1. The van der Waals surface area contributed by atoms with Gasteiger partial charge in [-0.25, -0.2) is 0 Å².